The minimum Gasteiger partial charge on any atom is -0.303 e. The van der Waals surface area contributed by atoms with E-state index in [9.17, 15) is 9.59 Å². The molecule has 1 heterocycles. The lowest BCUT2D eigenvalue weighted by Gasteiger charge is -2.05. The summed E-state index contributed by atoms with van der Waals surface area (Å²) < 4.78 is 3.24. The fraction of sp³-hybridized carbons (Fsp3) is 0.286. The van der Waals surface area contributed by atoms with Gasteiger partial charge in [-0.25, -0.2) is 4.79 Å². The second kappa shape index (κ2) is 5.04. The number of aldehydes is 1. The van der Waals surface area contributed by atoms with Gasteiger partial charge in [0.25, 0.3) is 0 Å². The zero-order valence-corrected chi connectivity index (χ0v) is 10.6. The van der Waals surface area contributed by atoms with Gasteiger partial charge in [-0.15, -0.1) is 0 Å². The highest BCUT2D eigenvalue weighted by molar-refractivity contribution is 5.50. The van der Waals surface area contributed by atoms with Crippen LogP contribution in [0.5, 0.6) is 0 Å². The molecule has 0 N–H and O–H groups in total. The Morgan fingerprint density at radius 2 is 1.89 bits per heavy atom. The number of carbonyl (C=O) groups is 1. The lowest BCUT2D eigenvalue weighted by molar-refractivity contribution is -0.107. The molecule has 4 nitrogen and oxygen atoms in total. The van der Waals surface area contributed by atoms with Gasteiger partial charge in [0.05, 0.1) is 5.69 Å². The van der Waals surface area contributed by atoms with E-state index in [1.807, 2.05) is 37.4 Å². The molecule has 0 atom stereocenters. The monoisotopic (exact) mass is 244 g/mol. The van der Waals surface area contributed by atoms with Crippen molar-refractivity contribution in [1.82, 2.24) is 9.13 Å². The quantitative estimate of drug-likeness (QED) is 0.767. The molecule has 0 spiro atoms. The Bertz CT molecular complexity index is 606. The zero-order chi connectivity index (χ0) is 13.1. The molecule has 18 heavy (non-hydrogen) atoms. The number of rotatable bonds is 4. The van der Waals surface area contributed by atoms with Gasteiger partial charge < -0.3 is 9.36 Å². The van der Waals surface area contributed by atoms with Crippen molar-refractivity contribution in [3.8, 4) is 5.69 Å². The van der Waals surface area contributed by atoms with E-state index >= 15 is 0 Å². The molecule has 2 rings (SSSR count). The van der Waals surface area contributed by atoms with Crippen molar-refractivity contribution in [3.63, 3.8) is 0 Å². The van der Waals surface area contributed by atoms with E-state index in [1.54, 1.807) is 16.2 Å². The van der Waals surface area contributed by atoms with Gasteiger partial charge in [-0.2, -0.15) is 0 Å². The predicted octanol–water partition coefficient (Wildman–Crippen LogP) is 1.62. The maximum Gasteiger partial charge on any atom is 0.332 e. The van der Waals surface area contributed by atoms with E-state index in [-0.39, 0.29) is 5.69 Å². The summed E-state index contributed by atoms with van der Waals surface area (Å²) in [6, 6.07) is 7.73. The van der Waals surface area contributed by atoms with Crippen molar-refractivity contribution in [2.45, 2.75) is 19.8 Å². The number of hydrogen-bond donors (Lipinski definition) is 0. The van der Waals surface area contributed by atoms with Crippen LogP contribution in [0.3, 0.4) is 0 Å². The second-order valence-corrected chi connectivity index (χ2v) is 4.37. The van der Waals surface area contributed by atoms with Crippen LogP contribution < -0.4 is 5.69 Å². The molecule has 0 saturated heterocycles. The van der Waals surface area contributed by atoms with Crippen LogP contribution in [0.4, 0.5) is 0 Å². The zero-order valence-electron chi connectivity index (χ0n) is 10.6. The fourth-order valence-corrected chi connectivity index (χ4v) is 2.05. The fourth-order valence-electron chi connectivity index (χ4n) is 2.05. The molecule has 0 fully saturated rings. The summed E-state index contributed by atoms with van der Waals surface area (Å²) in [6.07, 6.45) is 4.00. The third-order valence-electron chi connectivity index (χ3n) is 2.97. The number of aryl methyl sites for hydroxylation is 3. The largest absolute Gasteiger partial charge is 0.332 e. The van der Waals surface area contributed by atoms with Crippen molar-refractivity contribution >= 4 is 6.29 Å². The van der Waals surface area contributed by atoms with Crippen LogP contribution in [0.15, 0.2) is 35.3 Å². The van der Waals surface area contributed by atoms with E-state index < -0.39 is 0 Å². The Kier molecular flexibility index (Phi) is 3.46. The smallest absolute Gasteiger partial charge is 0.303 e. The average Bonchev–Trinajstić information content (AvgIpc) is 2.62. The van der Waals surface area contributed by atoms with E-state index in [0.717, 1.165) is 29.7 Å². The Morgan fingerprint density at radius 3 is 2.39 bits per heavy atom. The SMILES string of the molecule is Cc1cn(C)c(=O)n1-c1ccc(CCC=O)cc1. The maximum absolute atomic E-state index is 11.9. The first-order valence-electron chi connectivity index (χ1n) is 5.91. The molecule has 0 aliphatic heterocycles. The number of hydrogen-bond acceptors (Lipinski definition) is 2. The summed E-state index contributed by atoms with van der Waals surface area (Å²) in [4.78, 5) is 22.2. The summed E-state index contributed by atoms with van der Waals surface area (Å²) in [5, 5.41) is 0. The van der Waals surface area contributed by atoms with Crippen LogP contribution in [-0.4, -0.2) is 15.4 Å². The van der Waals surface area contributed by atoms with Crippen molar-refractivity contribution in [1.29, 1.82) is 0 Å². The Balaban J connectivity index is 2.34. The molecule has 1 aromatic heterocycles. The lowest BCUT2D eigenvalue weighted by Crippen LogP contribution is -2.21. The molecule has 94 valence electrons. The van der Waals surface area contributed by atoms with Crippen LogP contribution in [-0.2, 0) is 18.3 Å². The number of aromatic nitrogens is 2. The number of benzene rings is 1. The van der Waals surface area contributed by atoms with Crippen molar-refractivity contribution in [3.05, 3.63) is 52.2 Å². The predicted molar refractivity (Wildman–Crippen MR) is 70.1 cm³/mol. The first-order chi connectivity index (χ1) is 8.63. The van der Waals surface area contributed by atoms with Crippen LogP contribution >= 0.6 is 0 Å². The number of nitrogens with zero attached hydrogens (tertiary/aromatic N) is 2. The van der Waals surface area contributed by atoms with Crippen LogP contribution in [0.1, 0.15) is 17.7 Å². The molecule has 0 radical (unpaired) electrons. The molecule has 0 unspecified atom stereocenters. The van der Waals surface area contributed by atoms with Gasteiger partial charge in [-0.1, -0.05) is 12.1 Å². The minimum absolute atomic E-state index is 0.0480. The Labute approximate surface area is 105 Å². The summed E-state index contributed by atoms with van der Waals surface area (Å²) in [6.45, 7) is 1.90. The molecule has 4 heteroatoms. The molecule has 1 aromatic carbocycles. The van der Waals surface area contributed by atoms with E-state index in [0.29, 0.717) is 6.42 Å². The highest BCUT2D eigenvalue weighted by Gasteiger charge is 2.07. The summed E-state index contributed by atoms with van der Waals surface area (Å²) in [5.74, 6) is 0. The van der Waals surface area contributed by atoms with Crippen molar-refractivity contribution < 1.29 is 4.79 Å². The van der Waals surface area contributed by atoms with Crippen LogP contribution in [0.25, 0.3) is 5.69 Å². The van der Waals surface area contributed by atoms with E-state index in [2.05, 4.69) is 0 Å². The molecule has 0 aliphatic rings. The third kappa shape index (κ3) is 2.27. The number of imidazole rings is 1. The van der Waals surface area contributed by atoms with Gasteiger partial charge in [0, 0.05) is 25.4 Å². The standard InChI is InChI=1S/C14H16N2O2/c1-11-10-15(2)14(18)16(11)13-7-5-12(6-8-13)4-3-9-17/h5-10H,3-4H2,1-2H3. The van der Waals surface area contributed by atoms with Crippen molar-refractivity contribution in [2.75, 3.05) is 0 Å². The van der Waals surface area contributed by atoms with E-state index in [1.165, 1.54) is 0 Å². The maximum atomic E-state index is 11.9. The molecule has 0 saturated carbocycles. The molecule has 0 aliphatic carbocycles. The summed E-state index contributed by atoms with van der Waals surface area (Å²) in [5.41, 5.74) is 2.82. The normalized spacial score (nSPS) is 10.6. The van der Waals surface area contributed by atoms with E-state index in [4.69, 9.17) is 0 Å². The summed E-state index contributed by atoms with van der Waals surface area (Å²) >= 11 is 0. The molecule has 0 amide bonds. The molecular formula is C14H16N2O2. The summed E-state index contributed by atoms with van der Waals surface area (Å²) in [7, 11) is 1.74. The highest BCUT2D eigenvalue weighted by atomic mass is 16.1. The molecule has 2 aromatic rings. The average molecular weight is 244 g/mol. The third-order valence-corrected chi connectivity index (χ3v) is 2.97. The number of carbonyl (C=O) groups excluding carboxylic acids is 1. The van der Waals surface area contributed by atoms with Crippen LogP contribution in [0, 0.1) is 6.92 Å². The molecular weight excluding hydrogens is 228 g/mol. The first kappa shape index (κ1) is 12.4. The van der Waals surface area contributed by atoms with Gasteiger partial charge >= 0.3 is 5.69 Å². The van der Waals surface area contributed by atoms with Gasteiger partial charge in [0.1, 0.15) is 6.29 Å². The van der Waals surface area contributed by atoms with Gasteiger partial charge in [0.15, 0.2) is 0 Å². The first-order valence-corrected chi connectivity index (χ1v) is 5.91. The Hall–Kier alpha value is -2.10. The molecule has 0 bridgehead atoms. The lowest BCUT2D eigenvalue weighted by atomic mass is 10.1. The van der Waals surface area contributed by atoms with Crippen molar-refractivity contribution in [2.24, 2.45) is 7.05 Å². The van der Waals surface area contributed by atoms with Crippen LogP contribution in [0.2, 0.25) is 0 Å². The van der Waals surface area contributed by atoms with Gasteiger partial charge in [0.2, 0.25) is 0 Å². The van der Waals surface area contributed by atoms with Gasteiger partial charge in [-0.05, 0) is 31.0 Å². The topological polar surface area (TPSA) is 44.0 Å². The second-order valence-electron chi connectivity index (χ2n) is 4.37. The minimum atomic E-state index is -0.0480. The van der Waals surface area contributed by atoms with Gasteiger partial charge in [-0.3, -0.25) is 4.57 Å². The highest BCUT2D eigenvalue weighted by Crippen LogP contribution is 2.11. The Morgan fingerprint density at radius 1 is 1.22 bits per heavy atom.